The van der Waals surface area contributed by atoms with Crippen molar-refractivity contribution in [1.29, 1.82) is 10.5 Å². The zero-order chi connectivity index (χ0) is 16.2. The van der Waals surface area contributed by atoms with Crippen molar-refractivity contribution in [2.75, 3.05) is 5.43 Å². The first-order chi connectivity index (χ1) is 11.2. The molecule has 0 atom stereocenters. The molecule has 6 nitrogen and oxygen atoms in total. The summed E-state index contributed by atoms with van der Waals surface area (Å²) in [7, 11) is 0. The van der Waals surface area contributed by atoms with E-state index in [0.717, 1.165) is 22.4 Å². The number of nitrogens with zero attached hydrogens (tertiary/aromatic N) is 4. The second kappa shape index (κ2) is 6.18. The number of halogens is 1. The van der Waals surface area contributed by atoms with Crippen molar-refractivity contribution in [3.63, 3.8) is 0 Å². The van der Waals surface area contributed by atoms with Crippen molar-refractivity contribution in [3.8, 4) is 23.5 Å². The molecule has 2 N–H and O–H groups in total. The maximum atomic E-state index is 8.66. The number of H-pyrrole nitrogens is 1. The zero-order valence-electron chi connectivity index (χ0n) is 11.7. The Hall–Kier alpha value is -3.35. The summed E-state index contributed by atoms with van der Waals surface area (Å²) in [5.41, 5.74) is 5.61. The number of nitrogens with one attached hydrogen (secondary N) is 2. The van der Waals surface area contributed by atoms with Crippen LogP contribution in [0.5, 0.6) is 0 Å². The Balaban J connectivity index is 1.92. The molecule has 0 fully saturated rings. The van der Waals surface area contributed by atoms with Gasteiger partial charge in [0.05, 0.1) is 16.7 Å². The van der Waals surface area contributed by atoms with E-state index in [0.29, 0.717) is 10.7 Å². The molecule has 0 bridgehead atoms. The fourth-order valence-corrected chi connectivity index (χ4v) is 2.15. The van der Waals surface area contributed by atoms with Gasteiger partial charge in [-0.2, -0.15) is 15.6 Å². The molecule has 0 unspecified atom stereocenters. The van der Waals surface area contributed by atoms with Gasteiger partial charge in [0.15, 0.2) is 0 Å². The molecule has 0 aliphatic carbocycles. The number of fused-ring (bicyclic) bond motifs is 1. The molecule has 0 amide bonds. The summed E-state index contributed by atoms with van der Waals surface area (Å²) in [5, 5.41) is 21.7. The first-order valence-corrected chi connectivity index (χ1v) is 6.97. The van der Waals surface area contributed by atoms with Crippen molar-refractivity contribution in [2.24, 2.45) is 5.10 Å². The van der Waals surface area contributed by atoms with E-state index in [2.05, 4.69) is 20.5 Å². The van der Waals surface area contributed by atoms with Crippen LogP contribution in [0.3, 0.4) is 0 Å². The molecule has 1 aromatic heterocycles. The Bertz CT molecular complexity index is 956. The average Bonchev–Trinajstić information content (AvgIpc) is 2.99. The lowest BCUT2D eigenvalue weighted by Gasteiger charge is -1.98. The molecule has 110 valence electrons. The highest BCUT2D eigenvalue weighted by Gasteiger charge is 2.06. The van der Waals surface area contributed by atoms with Gasteiger partial charge < -0.3 is 4.98 Å². The van der Waals surface area contributed by atoms with E-state index in [4.69, 9.17) is 22.1 Å². The molecule has 0 saturated heterocycles. The van der Waals surface area contributed by atoms with Crippen LogP contribution in [0.4, 0.5) is 5.69 Å². The first-order valence-electron chi connectivity index (χ1n) is 6.59. The van der Waals surface area contributed by atoms with E-state index in [9.17, 15) is 0 Å². The second-order valence-corrected chi connectivity index (χ2v) is 5.06. The predicted molar refractivity (Wildman–Crippen MR) is 88.8 cm³/mol. The van der Waals surface area contributed by atoms with Crippen LogP contribution in [0.15, 0.2) is 47.6 Å². The number of anilines is 1. The van der Waals surface area contributed by atoms with Crippen LogP contribution in [0.2, 0.25) is 5.02 Å². The lowest BCUT2D eigenvalue weighted by atomic mass is 10.2. The second-order valence-electron chi connectivity index (χ2n) is 4.62. The standard InChI is InChI=1S/C16H9ClN6/c17-11-3-1-10(2-4-11)16-20-14-6-5-12(7-15(14)21-16)22-23-13(8-18)9-19/h1-7,22H,(H,20,21). The summed E-state index contributed by atoms with van der Waals surface area (Å²) >= 11 is 5.89. The maximum absolute atomic E-state index is 8.66. The largest absolute Gasteiger partial charge is 0.338 e. The minimum atomic E-state index is -0.239. The summed E-state index contributed by atoms with van der Waals surface area (Å²) in [6.07, 6.45) is 0. The Morgan fingerprint density at radius 2 is 1.87 bits per heavy atom. The normalized spacial score (nSPS) is 9.87. The summed E-state index contributed by atoms with van der Waals surface area (Å²) in [6.45, 7) is 0. The number of nitriles is 2. The van der Waals surface area contributed by atoms with Crippen molar-refractivity contribution < 1.29 is 0 Å². The van der Waals surface area contributed by atoms with Gasteiger partial charge in [0, 0.05) is 10.6 Å². The van der Waals surface area contributed by atoms with Gasteiger partial charge in [0.1, 0.15) is 18.0 Å². The summed E-state index contributed by atoms with van der Waals surface area (Å²) in [4.78, 5) is 7.73. The molecule has 7 heteroatoms. The average molecular weight is 321 g/mol. The van der Waals surface area contributed by atoms with Gasteiger partial charge in [0.25, 0.3) is 0 Å². The minimum Gasteiger partial charge on any atom is -0.338 e. The van der Waals surface area contributed by atoms with Crippen LogP contribution < -0.4 is 5.43 Å². The van der Waals surface area contributed by atoms with E-state index in [1.54, 1.807) is 36.4 Å². The van der Waals surface area contributed by atoms with Gasteiger partial charge in [-0.25, -0.2) is 4.98 Å². The van der Waals surface area contributed by atoms with Crippen LogP contribution >= 0.6 is 11.6 Å². The molecule has 0 radical (unpaired) electrons. The molecular formula is C16H9ClN6. The number of benzene rings is 2. The van der Waals surface area contributed by atoms with Crippen molar-refractivity contribution in [3.05, 3.63) is 47.5 Å². The van der Waals surface area contributed by atoms with Gasteiger partial charge in [-0.15, -0.1) is 0 Å². The lowest BCUT2D eigenvalue weighted by Crippen LogP contribution is -1.96. The molecule has 3 rings (SSSR count). The molecule has 0 spiro atoms. The summed E-state index contributed by atoms with van der Waals surface area (Å²) in [6, 6.07) is 16.1. The van der Waals surface area contributed by atoms with E-state index in [-0.39, 0.29) is 5.71 Å². The van der Waals surface area contributed by atoms with Crippen molar-refractivity contribution in [2.45, 2.75) is 0 Å². The van der Waals surface area contributed by atoms with Gasteiger partial charge in [-0.05, 0) is 42.5 Å². The third-order valence-electron chi connectivity index (χ3n) is 3.11. The lowest BCUT2D eigenvalue weighted by molar-refractivity contribution is 1.33. The third-order valence-corrected chi connectivity index (χ3v) is 3.36. The molecule has 0 aliphatic rings. The van der Waals surface area contributed by atoms with Crippen LogP contribution in [0, 0.1) is 22.7 Å². The monoisotopic (exact) mass is 320 g/mol. The third kappa shape index (κ3) is 3.13. The number of hydrogen-bond acceptors (Lipinski definition) is 5. The summed E-state index contributed by atoms with van der Waals surface area (Å²) in [5.74, 6) is 0.729. The molecule has 3 aromatic rings. The number of aromatic nitrogens is 2. The molecule has 23 heavy (non-hydrogen) atoms. The number of hydrazone groups is 1. The van der Waals surface area contributed by atoms with Crippen LogP contribution in [-0.2, 0) is 0 Å². The number of hydrogen-bond donors (Lipinski definition) is 2. The van der Waals surface area contributed by atoms with Crippen molar-refractivity contribution >= 4 is 34.0 Å². The number of aromatic amines is 1. The summed E-state index contributed by atoms with van der Waals surface area (Å²) < 4.78 is 0. The smallest absolute Gasteiger partial charge is 0.237 e. The van der Waals surface area contributed by atoms with E-state index >= 15 is 0 Å². The highest BCUT2D eigenvalue weighted by atomic mass is 35.5. The predicted octanol–water partition coefficient (Wildman–Crippen LogP) is 3.70. The van der Waals surface area contributed by atoms with E-state index in [1.165, 1.54) is 0 Å². The quantitative estimate of drug-likeness (QED) is 0.567. The number of imidazole rings is 1. The molecule has 0 saturated carbocycles. The van der Waals surface area contributed by atoms with E-state index in [1.807, 2.05) is 18.2 Å². The van der Waals surface area contributed by atoms with Crippen LogP contribution in [-0.4, -0.2) is 15.7 Å². The fraction of sp³-hybridized carbons (Fsp3) is 0. The zero-order valence-corrected chi connectivity index (χ0v) is 12.5. The number of rotatable bonds is 3. The maximum Gasteiger partial charge on any atom is 0.237 e. The highest BCUT2D eigenvalue weighted by Crippen LogP contribution is 2.24. The van der Waals surface area contributed by atoms with Gasteiger partial charge in [-0.1, -0.05) is 11.6 Å². The molecule has 1 heterocycles. The van der Waals surface area contributed by atoms with E-state index < -0.39 is 0 Å². The van der Waals surface area contributed by atoms with Crippen LogP contribution in [0.25, 0.3) is 22.4 Å². The highest BCUT2D eigenvalue weighted by molar-refractivity contribution is 6.30. The van der Waals surface area contributed by atoms with Gasteiger partial charge >= 0.3 is 0 Å². The minimum absolute atomic E-state index is 0.239. The fourth-order valence-electron chi connectivity index (χ4n) is 2.02. The Morgan fingerprint density at radius 3 is 2.57 bits per heavy atom. The van der Waals surface area contributed by atoms with Crippen LogP contribution in [0.1, 0.15) is 0 Å². The van der Waals surface area contributed by atoms with Gasteiger partial charge in [-0.3, -0.25) is 5.43 Å². The Labute approximate surface area is 136 Å². The topological polar surface area (TPSA) is 101 Å². The Kier molecular flexibility index (Phi) is 3.92. The first kappa shape index (κ1) is 14.6. The Morgan fingerprint density at radius 1 is 1.13 bits per heavy atom. The molecular weight excluding hydrogens is 312 g/mol. The molecule has 2 aromatic carbocycles. The molecule has 0 aliphatic heterocycles. The van der Waals surface area contributed by atoms with Gasteiger partial charge in [0.2, 0.25) is 5.71 Å². The van der Waals surface area contributed by atoms with Crippen molar-refractivity contribution in [1.82, 2.24) is 9.97 Å². The SMILES string of the molecule is N#CC(C#N)=NNc1ccc2nc(-c3ccc(Cl)cc3)[nH]c2c1.